The highest BCUT2D eigenvalue weighted by molar-refractivity contribution is 5.93. The second kappa shape index (κ2) is 7.62. The lowest BCUT2D eigenvalue weighted by molar-refractivity contribution is -0.140. The van der Waals surface area contributed by atoms with E-state index in [0.717, 1.165) is 6.42 Å². The van der Waals surface area contributed by atoms with Crippen LogP contribution in [0.5, 0.6) is 0 Å². The van der Waals surface area contributed by atoms with Gasteiger partial charge in [0.25, 0.3) is 0 Å². The van der Waals surface area contributed by atoms with Crippen molar-refractivity contribution in [3.05, 3.63) is 0 Å². The van der Waals surface area contributed by atoms with Crippen molar-refractivity contribution in [1.82, 2.24) is 10.2 Å². The first-order chi connectivity index (χ1) is 9.50. The maximum atomic E-state index is 12.8. The van der Waals surface area contributed by atoms with Crippen LogP contribution in [0.1, 0.15) is 53.4 Å². The van der Waals surface area contributed by atoms with E-state index in [4.69, 9.17) is 4.74 Å². The third-order valence-corrected chi connectivity index (χ3v) is 4.16. The molecule has 0 radical (unpaired) electrons. The second-order valence-electron chi connectivity index (χ2n) is 5.44. The molecular formula is C15H28N2O3. The Hall–Kier alpha value is -1.10. The van der Waals surface area contributed by atoms with Crippen LogP contribution >= 0.6 is 0 Å². The first kappa shape index (κ1) is 17.0. The van der Waals surface area contributed by atoms with Crippen molar-refractivity contribution in [2.45, 2.75) is 65.0 Å². The molecule has 0 aromatic rings. The van der Waals surface area contributed by atoms with Crippen LogP contribution in [0, 0.1) is 0 Å². The van der Waals surface area contributed by atoms with Crippen LogP contribution < -0.4 is 5.32 Å². The van der Waals surface area contributed by atoms with Crippen molar-refractivity contribution in [3.63, 3.8) is 0 Å². The molecule has 0 spiro atoms. The van der Waals surface area contributed by atoms with Crippen LogP contribution in [0.2, 0.25) is 0 Å². The van der Waals surface area contributed by atoms with Gasteiger partial charge in [-0.05, 0) is 33.1 Å². The van der Waals surface area contributed by atoms with Crippen LogP contribution in [0.15, 0.2) is 0 Å². The Morgan fingerprint density at radius 3 is 2.50 bits per heavy atom. The fourth-order valence-electron chi connectivity index (χ4n) is 2.76. The first-order valence-electron chi connectivity index (χ1n) is 7.70. The lowest BCUT2D eigenvalue weighted by Crippen LogP contribution is -2.57. The van der Waals surface area contributed by atoms with Gasteiger partial charge in [0.1, 0.15) is 5.54 Å². The number of ether oxygens (including phenoxy) is 1. The molecule has 1 heterocycles. The van der Waals surface area contributed by atoms with Crippen molar-refractivity contribution in [1.29, 1.82) is 0 Å². The highest BCUT2D eigenvalue weighted by atomic mass is 16.5. The van der Waals surface area contributed by atoms with Gasteiger partial charge in [0.05, 0.1) is 0 Å². The van der Waals surface area contributed by atoms with Crippen LogP contribution in [0.3, 0.4) is 0 Å². The number of carbonyl (C=O) groups excluding carboxylic acids is 2. The molecule has 20 heavy (non-hydrogen) atoms. The van der Waals surface area contributed by atoms with E-state index in [0.29, 0.717) is 39.0 Å². The molecule has 1 rings (SSSR count). The lowest BCUT2D eigenvalue weighted by Gasteiger charge is -2.35. The molecule has 0 bridgehead atoms. The summed E-state index contributed by atoms with van der Waals surface area (Å²) < 4.78 is 5.33. The lowest BCUT2D eigenvalue weighted by atomic mass is 9.91. The zero-order chi connectivity index (χ0) is 15.2. The van der Waals surface area contributed by atoms with Gasteiger partial charge in [0.15, 0.2) is 0 Å². The number of rotatable bonds is 7. The van der Waals surface area contributed by atoms with Crippen molar-refractivity contribution in [3.8, 4) is 0 Å². The molecule has 2 amide bonds. The predicted molar refractivity (Wildman–Crippen MR) is 78.4 cm³/mol. The molecule has 0 saturated carbocycles. The second-order valence-corrected chi connectivity index (χ2v) is 5.44. The van der Waals surface area contributed by atoms with Gasteiger partial charge in [-0.25, -0.2) is 0 Å². The number of nitrogens with one attached hydrogen (secondary N) is 1. The molecule has 1 atom stereocenters. The van der Waals surface area contributed by atoms with Gasteiger partial charge in [-0.2, -0.15) is 0 Å². The fourth-order valence-corrected chi connectivity index (χ4v) is 2.76. The number of amides is 2. The molecule has 1 saturated heterocycles. The zero-order valence-corrected chi connectivity index (χ0v) is 13.2. The molecule has 1 aliphatic heterocycles. The SMILES string of the molecule is CCOCCCN1C(=O)C(CC)(CC)NC(=O)CC1C. The van der Waals surface area contributed by atoms with Gasteiger partial charge in [-0.1, -0.05) is 13.8 Å². The largest absolute Gasteiger partial charge is 0.382 e. The highest BCUT2D eigenvalue weighted by Crippen LogP contribution is 2.24. The van der Waals surface area contributed by atoms with Crippen molar-refractivity contribution >= 4 is 11.8 Å². The molecule has 1 fully saturated rings. The van der Waals surface area contributed by atoms with Gasteiger partial charge in [-0.3, -0.25) is 9.59 Å². The van der Waals surface area contributed by atoms with Crippen LogP contribution in [-0.2, 0) is 14.3 Å². The normalized spacial score (nSPS) is 22.6. The topological polar surface area (TPSA) is 58.6 Å². The molecule has 1 aliphatic rings. The van der Waals surface area contributed by atoms with Crippen LogP contribution in [0.4, 0.5) is 0 Å². The van der Waals surface area contributed by atoms with Crippen LogP contribution in [0.25, 0.3) is 0 Å². The third-order valence-electron chi connectivity index (χ3n) is 4.16. The summed E-state index contributed by atoms with van der Waals surface area (Å²) in [5, 5.41) is 2.94. The number of carbonyl (C=O) groups is 2. The summed E-state index contributed by atoms with van der Waals surface area (Å²) >= 11 is 0. The summed E-state index contributed by atoms with van der Waals surface area (Å²) in [4.78, 5) is 26.7. The predicted octanol–water partition coefficient (Wildman–Crippen LogP) is 1.71. The van der Waals surface area contributed by atoms with Gasteiger partial charge >= 0.3 is 0 Å². The van der Waals surface area contributed by atoms with E-state index in [-0.39, 0.29) is 17.9 Å². The average molecular weight is 284 g/mol. The fraction of sp³-hybridized carbons (Fsp3) is 0.867. The first-order valence-corrected chi connectivity index (χ1v) is 7.70. The molecule has 1 N–H and O–H groups in total. The van der Waals surface area contributed by atoms with E-state index in [1.54, 1.807) is 0 Å². The molecular weight excluding hydrogens is 256 g/mol. The maximum Gasteiger partial charge on any atom is 0.248 e. The summed E-state index contributed by atoms with van der Waals surface area (Å²) in [6.07, 6.45) is 2.44. The maximum absolute atomic E-state index is 12.8. The van der Waals surface area contributed by atoms with Crippen molar-refractivity contribution in [2.75, 3.05) is 19.8 Å². The highest BCUT2D eigenvalue weighted by Gasteiger charge is 2.43. The van der Waals surface area contributed by atoms with Gasteiger partial charge in [0, 0.05) is 32.2 Å². The molecule has 0 aliphatic carbocycles. The Balaban J connectivity index is 2.83. The molecule has 116 valence electrons. The van der Waals surface area contributed by atoms with E-state index >= 15 is 0 Å². The Kier molecular flexibility index (Phi) is 6.46. The minimum Gasteiger partial charge on any atom is -0.382 e. The summed E-state index contributed by atoms with van der Waals surface area (Å²) in [6, 6.07) is -0.0518. The quantitative estimate of drug-likeness (QED) is 0.724. The van der Waals surface area contributed by atoms with E-state index in [2.05, 4.69) is 5.32 Å². The average Bonchev–Trinajstić information content (AvgIpc) is 2.52. The van der Waals surface area contributed by atoms with Crippen LogP contribution in [-0.4, -0.2) is 48.1 Å². The van der Waals surface area contributed by atoms with Crippen molar-refractivity contribution in [2.24, 2.45) is 0 Å². The Morgan fingerprint density at radius 2 is 1.95 bits per heavy atom. The minimum atomic E-state index is -0.729. The number of hydrogen-bond acceptors (Lipinski definition) is 3. The van der Waals surface area contributed by atoms with E-state index in [9.17, 15) is 9.59 Å². The van der Waals surface area contributed by atoms with Crippen molar-refractivity contribution < 1.29 is 14.3 Å². The van der Waals surface area contributed by atoms with E-state index < -0.39 is 5.54 Å². The summed E-state index contributed by atoms with van der Waals surface area (Å²) in [5.41, 5.74) is -0.729. The smallest absolute Gasteiger partial charge is 0.248 e. The molecule has 5 heteroatoms. The molecule has 1 unspecified atom stereocenters. The van der Waals surface area contributed by atoms with Gasteiger partial charge in [0.2, 0.25) is 11.8 Å². The third kappa shape index (κ3) is 3.72. The van der Waals surface area contributed by atoms with Gasteiger partial charge < -0.3 is 15.0 Å². The molecule has 0 aromatic carbocycles. The van der Waals surface area contributed by atoms with Gasteiger partial charge in [-0.15, -0.1) is 0 Å². The van der Waals surface area contributed by atoms with E-state index in [1.807, 2.05) is 32.6 Å². The standard InChI is InChI=1S/C15H28N2O3/c1-5-15(6-2)14(19)17(9-8-10-20-7-3)12(4)11-13(18)16-15/h12H,5-11H2,1-4H3,(H,16,18). The summed E-state index contributed by atoms with van der Waals surface area (Å²) in [7, 11) is 0. The molecule has 5 nitrogen and oxygen atoms in total. The Morgan fingerprint density at radius 1 is 1.30 bits per heavy atom. The Bertz CT molecular complexity index is 340. The number of nitrogens with zero attached hydrogens (tertiary/aromatic N) is 1. The van der Waals surface area contributed by atoms with E-state index in [1.165, 1.54) is 0 Å². The minimum absolute atomic E-state index is 0.0261. The zero-order valence-electron chi connectivity index (χ0n) is 13.2. The monoisotopic (exact) mass is 284 g/mol. The molecule has 0 aromatic heterocycles. The summed E-state index contributed by atoms with van der Waals surface area (Å²) in [6.45, 7) is 9.81. The number of hydrogen-bond donors (Lipinski definition) is 1. The summed E-state index contributed by atoms with van der Waals surface area (Å²) in [5.74, 6) is 0.0270. The Labute approximate surface area is 122 Å².